The van der Waals surface area contributed by atoms with E-state index in [1.54, 1.807) is 0 Å². The summed E-state index contributed by atoms with van der Waals surface area (Å²) in [6.45, 7) is 0. The standard InChI is InChI=1S/2S.Sr.Zn/q2*-2;2*+2. The van der Waals surface area contributed by atoms with Crippen molar-refractivity contribution in [3.8, 4) is 0 Å². The average molecular weight is 217 g/mol. The Morgan fingerprint density at radius 1 is 0.750 bits per heavy atom. The third-order valence-corrected chi connectivity index (χ3v) is 0. The van der Waals surface area contributed by atoms with Gasteiger partial charge in [0.25, 0.3) is 0 Å². The van der Waals surface area contributed by atoms with Crippen molar-refractivity contribution < 1.29 is 19.5 Å². The third-order valence-electron chi connectivity index (χ3n) is 0. The fourth-order valence-electron chi connectivity index (χ4n) is 0. The first kappa shape index (κ1) is 29.2. The van der Waals surface area contributed by atoms with Crippen molar-refractivity contribution in [3.63, 3.8) is 0 Å². The van der Waals surface area contributed by atoms with Gasteiger partial charge in [-0.1, -0.05) is 0 Å². The fourth-order valence-corrected chi connectivity index (χ4v) is 0. The molecule has 0 aliphatic carbocycles. The Hall–Kier alpha value is 2.80. The minimum atomic E-state index is 0. The maximum Gasteiger partial charge on any atom is 2.00 e. The van der Waals surface area contributed by atoms with Gasteiger partial charge in [-0.3, -0.25) is 0 Å². The normalized spacial score (nSPS) is 0. The van der Waals surface area contributed by atoms with Crippen LogP contribution in [0.2, 0.25) is 0 Å². The monoisotopic (exact) mass is 216 g/mol. The molecule has 0 rings (SSSR count). The van der Waals surface area contributed by atoms with Crippen molar-refractivity contribution in [3.05, 3.63) is 0 Å². The number of hydrogen-bond donors (Lipinski definition) is 0. The van der Waals surface area contributed by atoms with Crippen LogP contribution in [0.25, 0.3) is 0 Å². The van der Waals surface area contributed by atoms with Crippen molar-refractivity contribution in [2.24, 2.45) is 0 Å². The smallest absolute Gasteiger partial charge is 2.00 e. The Kier molecular flexibility index (Phi) is 124. The molecular formula is S2SrZn. The van der Waals surface area contributed by atoms with Crippen molar-refractivity contribution in [2.75, 3.05) is 0 Å². The maximum absolute atomic E-state index is 0. The Morgan fingerprint density at radius 2 is 0.750 bits per heavy atom. The molecule has 0 aromatic rings. The van der Waals surface area contributed by atoms with E-state index in [1.165, 1.54) is 0 Å². The van der Waals surface area contributed by atoms with Crippen LogP contribution in [0.3, 0.4) is 0 Å². The Bertz CT molecular complexity index is 6.00. The first-order valence-corrected chi connectivity index (χ1v) is 0. The van der Waals surface area contributed by atoms with Crippen LogP contribution in [0.1, 0.15) is 0 Å². The summed E-state index contributed by atoms with van der Waals surface area (Å²) >= 11 is 0. The second-order valence-corrected chi connectivity index (χ2v) is 0. The van der Waals surface area contributed by atoms with Gasteiger partial charge in [-0.05, 0) is 0 Å². The van der Waals surface area contributed by atoms with Gasteiger partial charge in [-0.2, -0.15) is 0 Å². The summed E-state index contributed by atoms with van der Waals surface area (Å²) in [4.78, 5) is 0. The zero-order chi connectivity index (χ0) is 0. The van der Waals surface area contributed by atoms with Crippen LogP contribution >= 0.6 is 0 Å². The molecule has 0 atom stereocenters. The van der Waals surface area contributed by atoms with Crippen LogP contribution in [-0.2, 0) is 46.5 Å². The van der Waals surface area contributed by atoms with Crippen LogP contribution in [0, 0.1) is 0 Å². The molecule has 0 aromatic carbocycles. The Labute approximate surface area is 90.0 Å². The number of rotatable bonds is 0. The molecule has 0 spiro atoms. The van der Waals surface area contributed by atoms with Crippen molar-refractivity contribution >= 4 is 72.5 Å². The average Bonchev–Trinajstić information content (AvgIpc) is 0. The van der Waals surface area contributed by atoms with Crippen LogP contribution < -0.4 is 0 Å². The maximum atomic E-state index is 0. The molecule has 16 valence electrons. The zero-order valence-corrected chi connectivity index (χ0v) is 10.3. The number of hydrogen-bond acceptors (Lipinski definition) is 0. The minimum Gasteiger partial charge on any atom is -2.00 e. The van der Waals surface area contributed by atoms with Crippen molar-refractivity contribution in [1.82, 2.24) is 0 Å². The molecule has 0 nitrogen and oxygen atoms in total. The molecule has 0 aliphatic rings. The summed E-state index contributed by atoms with van der Waals surface area (Å²) in [6.07, 6.45) is 0. The fraction of sp³-hybridized carbons (Fsp3) is 0. The van der Waals surface area contributed by atoms with Gasteiger partial charge in [0.1, 0.15) is 0 Å². The van der Waals surface area contributed by atoms with E-state index in [1.807, 2.05) is 0 Å². The molecule has 0 unspecified atom stereocenters. The third kappa shape index (κ3) is 8.84. The molecule has 0 aromatic heterocycles. The Balaban J connectivity index is 0. The summed E-state index contributed by atoms with van der Waals surface area (Å²) < 4.78 is 0. The molecule has 0 amide bonds. The van der Waals surface area contributed by atoms with E-state index >= 15 is 0 Å². The van der Waals surface area contributed by atoms with Gasteiger partial charge >= 0.3 is 65.0 Å². The van der Waals surface area contributed by atoms with Gasteiger partial charge < -0.3 is 27.0 Å². The molecule has 4 heteroatoms. The van der Waals surface area contributed by atoms with E-state index in [9.17, 15) is 0 Å². The van der Waals surface area contributed by atoms with Crippen LogP contribution in [0.15, 0.2) is 0 Å². The molecule has 0 bridgehead atoms. The predicted octanol–water partition coefficient (Wildman–Crippen LogP) is -0.388. The Morgan fingerprint density at radius 3 is 0.750 bits per heavy atom. The summed E-state index contributed by atoms with van der Waals surface area (Å²) in [5.41, 5.74) is 0. The topological polar surface area (TPSA) is 0 Å². The second kappa shape index (κ2) is 17.0. The van der Waals surface area contributed by atoms with Gasteiger partial charge in [0.05, 0.1) is 0 Å². The minimum absolute atomic E-state index is 0. The van der Waals surface area contributed by atoms with Gasteiger partial charge in [0.2, 0.25) is 0 Å². The molecule has 0 saturated heterocycles. The molecule has 0 fully saturated rings. The molecule has 4 heavy (non-hydrogen) atoms. The molecule has 0 heterocycles. The van der Waals surface area contributed by atoms with Crippen LogP contribution in [0.5, 0.6) is 0 Å². The van der Waals surface area contributed by atoms with E-state index in [-0.39, 0.29) is 92.0 Å². The summed E-state index contributed by atoms with van der Waals surface area (Å²) in [5.74, 6) is 0. The summed E-state index contributed by atoms with van der Waals surface area (Å²) in [7, 11) is 0. The molecule has 0 N–H and O–H groups in total. The predicted molar refractivity (Wildman–Crippen MR) is 20.5 cm³/mol. The quantitative estimate of drug-likeness (QED) is 0.485. The summed E-state index contributed by atoms with van der Waals surface area (Å²) in [6, 6.07) is 0. The van der Waals surface area contributed by atoms with Crippen molar-refractivity contribution in [2.45, 2.75) is 0 Å². The van der Waals surface area contributed by atoms with Crippen molar-refractivity contribution in [1.29, 1.82) is 0 Å². The van der Waals surface area contributed by atoms with Gasteiger partial charge in [-0.25, -0.2) is 0 Å². The van der Waals surface area contributed by atoms with E-state index in [2.05, 4.69) is 0 Å². The van der Waals surface area contributed by atoms with Gasteiger partial charge in [0.15, 0.2) is 0 Å². The zero-order valence-electron chi connectivity index (χ0n) is 2.23. The van der Waals surface area contributed by atoms with E-state index in [0.717, 1.165) is 0 Å². The first-order chi connectivity index (χ1) is 0. The molecule has 0 aliphatic heterocycles. The van der Waals surface area contributed by atoms with Gasteiger partial charge in [-0.15, -0.1) is 0 Å². The first-order valence-electron chi connectivity index (χ1n) is 0. The van der Waals surface area contributed by atoms with E-state index in [4.69, 9.17) is 0 Å². The SMILES string of the molecule is [S-2].[S-2].[Sr+2].[Zn+2]. The summed E-state index contributed by atoms with van der Waals surface area (Å²) in [5, 5.41) is 0. The second-order valence-electron chi connectivity index (χ2n) is 0. The van der Waals surface area contributed by atoms with Gasteiger partial charge in [0, 0.05) is 0 Å². The van der Waals surface area contributed by atoms with E-state index < -0.39 is 0 Å². The molecular weight excluding hydrogens is 217 g/mol. The van der Waals surface area contributed by atoms with Crippen LogP contribution in [0.4, 0.5) is 0 Å². The van der Waals surface area contributed by atoms with Crippen LogP contribution in [-0.4, -0.2) is 45.5 Å². The van der Waals surface area contributed by atoms with E-state index in [0.29, 0.717) is 0 Å². The molecule has 0 radical (unpaired) electrons. The largest absolute Gasteiger partial charge is 2.00 e. The molecule has 0 saturated carbocycles.